The summed E-state index contributed by atoms with van der Waals surface area (Å²) < 4.78 is 27.6. The summed E-state index contributed by atoms with van der Waals surface area (Å²) in [4.78, 5) is 2.65. The highest BCUT2D eigenvalue weighted by molar-refractivity contribution is 7.89. The summed E-state index contributed by atoms with van der Waals surface area (Å²) in [6, 6.07) is 16.0. The van der Waals surface area contributed by atoms with Crippen molar-refractivity contribution in [1.29, 1.82) is 0 Å². The van der Waals surface area contributed by atoms with Crippen molar-refractivity contribution in [3.8, 4) is 0 Å². The highest BCUT2D eigenvalue weighted by atomic mass is 32.2. The predicted molar refractivity (Wildman–Crippen MR) is 101 cm³/mol. The van der Waals surface area contributed by atoms with Gasteiger partial charge in [0.1, 0.15) is 0 Å². The van der Waals surface area contributed by atoms with Gasteiger partial charge in [0, 0.05) is 43.6 Å². The van der Waals surface area contributed by atoms with Crippen LogP contribution in [0.25, 0.3) is 0 Å². The third-order valence-corrected chi connectivity index (χ3v) is 6.90. The van der Waals surface area contributed by atoms with Crippen LogP contribution in [0.1, 0.15) is 12.5 Å². The molecule has 2 aliphatic rings. The smallest absolute Gasteiger partial charge is 0.243 e. The lowest BCUT2D eigenvalue weighted by Gasteiger charge is -2.35. The van der Waals surface area contributed by atoms with Gasteiger partial charge in [-0.25, -0.2) is 8.42 Å². The van der Waals surface area contributed by atoms with Crippen molar-refractivity contribution in [2.75, 3.05) is 36.4 Å². The first-order valence-electron chi connectivity index (χ1n) is 8.74. The standard InChI is InChI=1S/C19H23N3O2S/c1-15-13-16-14-18(7-8-19(16)20-15)25(23,24)22-11-9-21(10-12-22)17-5-3-2-4-6-17/h2-8,14-15,20H,9-13H2,1H3/t15-/m0/s1. The van der Waals surface area contributed by atoms with Gasteiger partial charge in [-0.05, 0) is 49.2 Å². The Bertz CT molecular complexity index is 859. The first-order valence-corrected chi connectivity index (χ1v) is 10.2. The first-order chi connectivity index (χ1) is 12.0. The van der Waals surface area contributed by atoms with Gasteiger partial charge in [0.2, 0.25) is 10.0 Å². The van der Waals surface area contributed by atoms with Gasteiger partial charge in [-0.15, -0.1) is 0 Å². The van der Waals surface area contributed by atoms with Crippen LogP contribution >= 0.6 is 0 Å². The Morgan fingerprint density at radius 2 is 1.72 bits per heavy atom. The summed E-state index contributed by atoms with van der Waals surface area (Å²) in [5, 5.41) is 3.36. The molecule has 132 valence electrons. The Hall–Kier alpha value is -2.05. The zero-order valence-electron chi connectivity index (χ0n) is 14.4. The largest absolute Gasteiger partial charge is 0.382 e. The Morgan fingerprint density at radius 3 is 2.44 bits per heavy atom. The van der Waals surface area contributed by atoms with E-state index in [0.29, 0.717) is 37.1 Å². The summed E-state index contributed by atoms with van der Waals surface area (Å²) in [5.74, 6) is 0. The maximum Gasteiger partial charge on any atom is 0.243 e. The quantitative estimate of drug-likeness (QED) is 0.917. The number of benzene rings is 2. The van der Waals surface area contributed by atoms with Crippen molar-refractivity contribution < 1.29 is 8.42 Å². The van der Waals surface area contributed by atoms with Crippen molar-refractivity contribution in [3.63, 3.8) is 0 Å². The second-order valence-electron chi connectivity index (χ2n) is 6.80. The molecule has 0 spiro atoms. The molecule has 0 bridgehead atoms. The summed E-state index contributed by atoms with van der Waals surface area (Å²) in [7, 11) is -3.43. The highest BCUT2D eigenvalue weighted by Gasteiger charge is 2.29. The van der Waals surface area contributed by atoms with Gasteiger partial charge in [-0.2, -0.15) is 4.31 Å². The zero-order chi connectivity index (χ0) is 17.4. The number of para-hydroxylation sites is 1. The number of nitrogens with one attached hydrogen (secondary N) is 1. The van der Waals surface area contributed by atoms with Crippen LogP contribution in [-0.4, -0.2) is 44.9 Å². The van der Waals surface area contributed by atoms with Crippen LogP contribution in [0.2, 0.25) is 0 Å². The summed E-state index contributed by atoms with van der Waals surface area (Å²) in [6.45, 7) is 4.57. The molecule has 2 heterocycles. The molecule has 2 aromatic rings. The lowest BCUT2D eigenvalue weighted by Crippen LogP contribution is -2.48. The normalized spacial score (nSPS) is 21.0. The third-order valence-electron chi connectivity index (χ3n) is 5.00. The highest BCUT2D eigenvalue weighted by Crippen LogP contribution is 2.29. The molecule has 0 aromatic heterocycles. The average Bonchev–Trinajstić information content (AvgIpc) is 3.02. The second-order valence-corrected chi connectivity index (χ2v) is 8.73. The van der Waals surface area contributed by atoms with Gasteiger partial charge >= 0.3 is 0 Å². The van der Waals surface area contributed by atoms with E-state index in [0.717, 1.165) is 23.4 Å². The molecule has 0 unspecified atom stereocenters. The minimum atomic E-state index is -3.43. The first kappa shape index (κ1) is 16.4. The van der Waals surface area contributed by atoms with Gasteiger partial charge in [0.05, 0.1) is 4.90 Å². The van der Waals surface area contributed by atoms with Gasteiger partial charge in [-0.3, -0.25) is 0 Å². The molecule has 25 heavy (non-hydrogen) atoms. The molecule has 2 aromatic carbocycles. The molecular formula is C19H23N3O2S. The van der Waals surface area contributed by atoms with Crippen LogP contribution in [0.15, 0.2) is 53.4 Å². The van der Waals surface area contributed by atoms with E-state index in [2.05, 4.69) is 29.3 Å². The van der Waals surface area contributed by atoms with Crippen LogP contribution in [0.4, 0.5) is 11.4 Å². The topological polar surface area (TPSA) is 52.7 Å². The van der Waals surface area contributed by atoms with Gasteiger partial charge in [0.15, 0.2) is 0 Å². The second kappa shape index (κ2) is 6.35. The number of fused-ring (bicyclic) bond motifs is 1. The molecular weight excluding hydrogens is 334 g/mol. The van der Waals surface area contributed by atoms with Crippen molar-refractivity contribution in [2.24, 2.45) is 0 Å². The van der Waals surface area contributed by atoms with E-state index >= 15 is 0 Å². The molecule has 1 fully saturated rings. The van der Waals surface area contributed by atoms with E-state index in [1.807, 2.05) is 30.3 Å². The van der Waals surface area contributed by atoms with E-state index < -0.39 is 10.0 Å². The van der Waals surface area contributed by atoms with Crippen LogP contribution in [0.3, 0.4) is 0 Å². The average molecular weight is 357 g/mol. The fourth-order valence-corrected chi connectivity index (χ4v) is 5.13. The Morgan fingerprint density at radius 1 is 1.00 bits per heavy atom. The minimum Gasteiger partial charge on any atom is -0.382 e. The molecule has 1 saturated heterocycles. The zero-order valence-corrected chi connectivity index (χ0v) is 15.2. The molecule has 0 amide bonds. The summed E-state index contributed by atoms with van der Waals surface area (Å²) in [5.41, 5.74) is 3.30. The number of nitrogens with zero attached hydrogens (tertiary/aromatic N) is 2. The lowest BCUT2D eigenvalue weighted by atomic mass is 10.1. The van der Waals surface area contributed by atoms with E-state index in [9.17, 15) is 8.42 Å². The van der Waals surface area contributed by atoms with Crippen LogP contribution in [-0.2, 0) is 16.4 Å². The molecule has 2 aliphatic heterocycles. The van der Waals surface area contributed by atoms with Crippen LogP contribution < -0.4 is 10.2 Å². The summed E-state index contributed by atoms with van der Waals surface area (Å²) in [6.07, 6.45) is 0.875. The fourth-order valence-electron chi connectivity index (χ4n) is 3.66. The lowest BCUT2D eigenvalue weighted by molar-refractivity contribution is 0.385. The van der Waals surface area contributed by atoms with Gasteiger partial charge < -0.3 is 10.2 Å². The van der Waals surface area contributed by atoms with E-state index in [1.165, 1.54) is 0 Å². The number of rotatable bonds is 3. The summed E-state index contributed by atoms with van der Waals surface area (Å²) >= 11 is 0. The van der Waals surface area contributed by atoms with E-state index in [4.69, 9.17) is 0 Å². The number of hydrogen-bond acceptors (Lipinski definition) is 4. The molecule has 5 nitrogen and oxygen atoms in total. The maximum absolute atomic E-state index is 13.0. The Kier molecular flexibility index (Phi) is 4.17. The molecule has 4 rings (SSSR count). The van der Waals surface area contributed by atoms with Crippen molar-refractivity contribution in [3.05, 3.63) is 54.1 Å². The maximum atomic E-state index is 13.0. The van der Waals surface area contributed by atoms with Crippen molar-refractivity contribution in [1.82, 2.24) is 4.31 Å². The number of hydrogen-bond donors (Lipinski definition) is 1. The van der Waals surface area contributed by atoms with Gasteiger partial charge in [0.25, 0.3) is 0 Å². The SMILES string of the molecule is C[C@H]1Cc2cc(S(=O)(=O)N3CCN(c4ccccc4)CC3)ccc2N1. The number of anilines is 2. The molecule has 1 N–H and O–H groups in total. The van der Waals surface area contributed by atoms with Gasteiger partial charge in [-0.1, -0.05) is 18.2 Å². The van der Waals surface area contributed by atoms with E-state index in [-0.39, 0.29) is 0 Å². The van der Waals surface area contributed by atoms with Crippen molar-refractivity contribution in [2.45, 2.75) is 24.3 Å². The van der Waals surface area contributed by atoms with Crippen LogP contribution in [0, 0.1) is 0 Å². The molecule has 1 atom stereocenters. The molecule has 6 heteroatoms. The number of piperazine rings is 1. The molecule has 0 saturated carbocycles. The minimum absolute atomic E-state index is 0.363. The number of sulfonamides is 1. The molecule has 0 radical (unpaired) electrons. The fraction of sp³-hybridized carbons (Fsp3) is 0.368. The van der Waals surface area contributed by atoms with Crippen molar-refractivity contribution >= 4 is 21.4 Å². The molecule has 0 aliphatic carbocycles. The Labute approximate surface area is 149 Å². The van der Waals surface area contributed by atoms with E-state index in [1.54, 1.807) is 10.4 Å². The Balaban J connectivity index is 1.50. The monoisotopic (exact) mass is 357 g/mol. The predicted octanol–water partition coefficient (Wildman–Crippen LogP) is 2.55. The van der Waals surface area contributed by atoms with Crippen LogP contribution in [0.5, 0.6) is 0 Å². The third kappa shape index (κ3) is 3.12.